The predicted octanol–water partition coefficient (Wildman–Crippen LogP) is 1.23. The fourth-order valence-electron chi connectivity index (χ4n) is 0.318. The Labute approximate surface area is 61.4 Å². The summed E-state index contributed by atoms with van der Waals surface area (Å²) in [5.41, 5.74) is 0. The fourth-order valence-corrected chi connectivity index (χ4v) is 0.318. The molecule has 2 N–H and O–H groups in total. The molecule has 64 valence electrons. The molecule has 0 radical (unpaired) electrons. The first-order valence-corrected chi connectivity index (χ1v) is 2.64. The predicted molar refractivity (Wildman–Crippen MR) is 33.1 cm³/mol. The van der Waals surface area contributed by atoms with Crippen molar-refractivity contribution in [1.82, 2.24) is 5.32 Å². The number of halogens is 3. The number of hydrogen-bond donors (Lipinski definition) is 2. The van der Waals surface area contributed by atoms with Crippen molar-refractivity contribution < 1.29 is 17.9 Å². The third-order valence-corrected chi connectivity index (χ3v) is 0.627. The average Bonchev–Trinajstić information content (AvgIpc) is 1.79. The van der Waals surface area contributed by atoms with Crippen LogP contribution in [-0.2, 0) is 4.74 Å². The maximum Gasteiger partial charge on any atom is 0.574 e. The Balaban J connectivity index is 3.80. The zero-order valence-electron chi connectivity index (χ0n) is 5.70. The van der Waals surface area contributed by atoms with Gasteiger partial charge < -0.3 is 10.1 Å². The third kappa shape index (κ3) is 6.69. The molecule has 0 fully saturated rings. The van der Waals surface area contributed by atoms with Crippen LogP contribution in [0.25, 0.3) is 0 Å². The Morgan fingerprint density at radius 1 is 1.55 bits per heavy atom. The highest BCUT2D eigenvalue weighted by Crippen LogP contribution is 2.16. The van der Waals surface area contributed by atoms with E-state index in [1.54, 1.807) is 0 Å². The van der Waals surface area contributed by atoms with Gasteiger partial charge in [0.15, 0.2) is 0 Å². The molecule has 0 unspecified atom stereocenters. The number of ether oxygens (including phenoxy) is 1. The van der Waals surface area contributed by atoms with Gasteiger partial charge in [0.25, 0.3) is 0 Å². The van der Waals surface area contributed by atoms with Crippen LogP contribution >= 0.6 is 0 Å². The van der Waals surface area contributed by atoms with E-state index in [9.17, 15) is 13.2 Å². The summed E-state index contributed by atoms with van der Waals surface area (Å²) < 4.78 is 37.1. The van der Waals surface area contributed by atoms with Crippen LogP contribution in [-0.4, -0.2) is 19.3 Å². The minimum absolute atomic E-state index is 0.855. The van der Waals surface area contributed by atoms with Crippen LogP contribution in [0.15, 0.2) is 12.3 Å². The molecule has 0 saturated heterocycles. The van der Waals surface area contributed by atoms with E-state index in [0.29, 0.717) is 0 Å². The second-order valence-electron chi connectivity index (χ2n) is 1.53. The van der Waals surface area contributed by atoms with E-state index in [2.05, 4.69) is 10.1 Å². The van der Waals surface area contributed by atoms with Gasteiger partial charge in [0.05, 0.1) is 0 Å². The van der Waals surface area contributed by atoms with Gasteiger partial charge in [-0.2, -0.15) is 0 Å². The maximum absolute atomic E-state index is 11.3. The first-order valence-electron chi connectivity index (χ1n) is 2.64. The van der Waals surface area contributed by atoms with E-state index < -0.39 is 12.3 Å². The Morgan fingerprint density at radius 2 is 2.09 bits per heavy atom. The number of alkyl halides is 3. The van der Waals surface area contributed by atoms with Crippen molar-refractivity contribution in [3.63, 3.8) is 0 Å². The lowest BCUT2D eigenvalue weighted by atomic mass is 10.6. The summed E-state index contributed by atoms with van der Waals surface area (Å²) in [6.45, 7) is 0. The lowest BCUT2D eigenvalue weighted by molar-refractivity contribution is -0.283. The number of rotatable bonds is 2. The molecule has 0 aromatic rings. The van der Waals surface area contributed by atoms with E-state index in [1.807, 2.05) is 0 Å². The molecule has 3 nitrogen and oxygen atoms in total. The third-order valence-electron chi connectivity index (χ3n) is 0.627. The minimum Gasteiger partial charge on any atom is -0.394 e. The number of nitrogens with one attached hydrogen (secondary N) is 2. The standard InChI is InChI=1S/C5H7F3N2O/c1-10-3-2-4(9)11-5(6,7)8/h2-3,9-10H,1H3/b3-2-,9-4?. The monoisotopic (exact) mass is 168 g/mol. The summed E-state index contributed by atoms with van der Waals surface area (Å²) in [6, 6.07) is 0. The molecule has 6 heteroatoms. The van der Waals surface area contributed by atoms with Gasteiger partial charge in [-0.15, -0.1) is 13.2 Å². The maximum atomic E-state index is 11.3. The van der Waals surface area contributed by atoms with E-state index >= 15 is 0 Å². The van der Waals surface area contributed by atoms with Crippen LogP contribution in [0.4, 0.5) is 13.2 Å². The fraction of sp³-hybridized carbons (Fsp3) is 0.400. The lowest BCUT2D eigenvalue weighted by Crippen LogP contribution is -2.17. The van der Waals surface area contributed by atoms with E-state index in [1.165, 1.54) is 7.05 Å². The SMILES string of the molecule is CN/C=C\C(=N)OC(F)(F)F. The zero-order chi connectivity index (χ0) is 8.91. The average molecular weight is 168 g/mol. The Bertz CT molecular complexity index is 164. The van der Waals surface area contributed by atoms with Gasteiger partial charge in [0.1, 0.15) is 0 Å². The molecule has 0 spiro atoms. The van der Waals surface area contributed by atoms with Crippen molar-refractivity contribution in [2.24, 2.45) is 0 Å². The van der Waals surface area contributed by atoms with Crippen molar-refractivity contribution >= 4 is 5.90 Å². The quantitative estimate of drug-likeness (QED) is 0.481. The Morgan fingerprint density at radius 3 is 2.45 bits per heavy atom. The number of hydrogen-bond acceptors (Lipinski definition) is 3. The van der Waals surface area contributed by atoms with E-state index in [0.717, 1.165) is 12.3 Å². The van der Waals surface area contributed by atoms with Gasteiger partial charge in [-0.25, -0.2) is 0 Å². The van der Waals surface area contributed by atoms with E-state index in [4.69, 9.17) is 5.41 Å². The molecular weight excluding hydrogens is 161 g/mol. The zero-order valence-corrected chi connectivity index (χ0v) is 5.70. The first-order chi connectivity index (χ1) is 4.95. The molecule has 0 saturated carbocycles. The van der Waals surface area contributed by atoms with Gasteiger partial charge in [0, 0.05) is 19.3 Å². The Kier molecular flexibility index (Phi) is 3.43. The highest BCUT2D eigenvalue weighted by molar-refractivity contribution is 5.84. The normalized spacial score (nSPS) is 11.6. The van der Waals surface area contributed by atoms with Crippen LogP contribution in [0, 0.1) is 5.41 Å². The van der Waals surface area contributed by atoms with Gasteiger partial charge >= 0.3 is 6.36 Å². The lowest BCUT2D eigenvalue weighted by Gasteiger charge is -2.05. The second-order valence-corrected chi connectivity index (χ2v) is 1.53. The smallest absolute Gasteiger partial charge is 0.394 e. The summed E-state index contributed by atoms with van der Waals surface area (Å²) in [5, 5.41) is 8.99. The molecule has 0 aliphatic carbocycles. The molecule has 11 heavy (non-hydrogen) atoms. The van der Waals surface area contributed by atoms with Crippen molar-refractivity contribution in [3.8, 4) is 0 Å². The molecule has 0 aliphatic heterocycles. The van der Waals surface area contributed by atoms with Gasteiger partial charge in [-0.1, -0.05) is 0 Å². The van der Waals surface area contributed by atoms with Gasteiger partial charge in [0.2, 0.25) is 5.90 Å². The highest BCUT2D eigenvalue weighted by atomic mass is 19.4. The summed E-state index contributed by atoms with van der Waals surface area (Å²) in [4.78, 5) is 0. The van der Waals surface area contributed by atoms with Crippen molar-refractivity contribution in [2.75, 3.05) is 7.05 Å². The first kappa shape index (κ1) is 9.80. The van der Waals surface area contributed by atoms with Crippen LogP contribution in [0.2, 0.25) is 0 Å². The van der Waals surface area contributed by atoms with Gasteiger partial charge in [-0.05, 0) is 0 Å². The van der Waals surface area contributed by atoms with Crippen molar-refractivity contribution in [1.29, 1.82) is 5.41 Å². The summed E-state index contributed by atoms with van der Waals surface area (Å²) in [5.74, 6) is -0.952. The molecule has 0 amide bonds. The van der Waals surface area contributed by atoms with Crippen LogP contribution < -0.4 is 5.32 Å². The van der Waals surface area contributed by atoms with E-state index in [-0.39, 0.29) is 0 Å². The van der Waals surface area contributed by atoms with Crippen molar-refractivity contribution in [2.45, 2.75) is 6.36 Å². The largest absolute Gasteiger partial charge is 0.574 e. The molecule has 0 aliphatic rings. The molecule has 0 bridgehead atoms. The summed E-state index contributed by atoms with van der Waals surface area (Å²) in [6.07, 6.45) is -2.77. The molecule has 0 rings (SSSR count). The molecule has 0 aromatic carbocycles. The van der Waals surface area contributed by atoms with Crippen LogP contribution in [0.3, 0.4) is 0 Å². The topological polar surface area (TPSA) is 45.1 Å². The van der Waals surface area contributed by atoms with Gasteiger partial charge in [-0.3, -0.25) is 5.41 Å². The Hall–Kier alpha value is -1.20. The van der Waals surface area contributed by atoms with Crippen LogP contribution in [0.1, 0.15) is 0 Å². The minimum atomic E-state index is -4.78. The molecule has 0 atom stereocenters. The molecular formula is C5H7F3N2O. The molecule has 0 heterocycles. The summed E-state index contributed by atoms with van der Waals surface area (Å²) >= 11 is 0. The highest BCUT2D eigenvalue weighted by Gasteiger charge is 2.31. The molecule has 0 aromatic heterocycles. The second kappa shape index (κ2) is 3.85. The van der Waals surface area contributed by atoms with Crippen molar-refractivity contribution in [3.05, 3.63) is 12.3 Å². The van der Waals surface area contributed by atoms with Crippen LogP contribution in [0.5, 0.6) is 0 Å². The summed E-state index contributed by atoms with van der Waals surface area (Å²) in [7, 11) is 1.50.